The molecular weight excluding hydrogens is 262 g/mol. The largest absolute Gasteiger partial charge is 0.298 e. The Balaban J connectivity index is 2.43. The van der Waals surface area contributed by atoms with Crippen molar-refractivity contribution in [3.8, 4) is 11.3 Å². The van der Waals surface area contributed by atoms with Gasteiger partial charge < -0.3 is 0 Å². The number of rotatable bonds is 5. The summed E-state index contributed by atoms with van der Waals surface area (Å²) in [7, 11) is 0. The highest BCUT2D eigenvalue weighted by atomic mass is 19.1. The number of hydrogen-bond donors (Lipinski definition) is 0. The van der Waals surface area contributed by atoms with Gasteiger partial charge in [0.25, 0.3) is 0 Å². The quantitative estimate of drug-likeness (QED) is 0.782. The Morgan fingerprint density at radius 3 is 2.50 bits per heavy atom. The Labute approximate surface area is 116 Å². The molecule has 1 aromatic heterocycles. The molecule has 0 saturated carbocycles. The van der Waals surface area contributed by atoms with Crippen LogP contribution in [0, 0.1) is 17.6 Å². The summed E-state index contributed by atoms with van der Waals surface area (Å²) in [6.45, 7) is 4.75. The van der Waals surface area contributed by atoms with Crippen LogP contribution in [0.5, 0.6) is 0 Å². The van der Waals surface area contributed by atoms with Gasteiger partial charge in [-0.3, -0.25) is 9.48 Å². The number of hydrogen-bond acceptors (Lipinski definition) is 2. The summed E-state index contributed by atoms with van der Waals surface area (Å²) in [5.74, 6) is -0.961. The zero-order valence-electron chi connectivity index (χ0n) is 11.4. The second-order valence-electron chi connectivity index (χ2n) is 5.09. The number of aldehydes is 1. The van der Waals surface area contributed by atoms with Crippen LogP contribution in [0.15, 0.2) is 24.4 Å². The molecule has 0 unspecified atom stereocenters. The number of aryl methyl sites for hydroxylation is 1. The fourth-order valence-corrected chi connectivity index (χ4v) is 1.95. The second-order valence-corrected chi connectivity index (χ2v) is 5.09. The molecule has 0 aliphatic rings. The molecule has 2 aromatic rings. The molecule has 0 aliphatic carbocycles. The molecule has 0 saturated heterocycles. The minimum absolute atomic E-state index is 0.0550. The van der Waals surface area contributed by atoms with Gasteiger partial charge in [-0.1, -0.05) is 19.9 Å². The molecule has 0 bridgehead atoms. The molecule has 0 aliphatic heterocycles. The van der Waals surface area contributed by atoms with Crippen molar-refractivity contribution in [3.05, 3.63) is 41.6 Å². The predicted molar refractivity (Wildman–Crippen MR) is 72.4 cm³/mol. The maximum atomic E-state index is 13.8. The van der Waals surface area contributed by atoms with Crippen molar-refractivity contribution < 1.29 is 13.6 Å². The van der Waals surface area contributed by atoms with Crippen LogP contribution >= 0.6 is 0 Å². The molecule has 0 fully saturated rings. The third-order valence-corrected chi connectivity index (χ3v) is 3.05. The smallest absolute Gasteiger partial charge is 0.153 e. The van der Waals surface area contributed by atoms with Crippen molar-refractivity contribution in [2.75, 3.05) is 0 Å². The summed E-state index contributed by atoms with van der Waals surface area (Å²) < 4.78 is 29.1. The summed E-state index contributed by atoms with van der Waals surface area (Å²) in [4.78, 5) is 11.1. The highest BCUT2D eigenvalue weighted by Crippen LogP contribution is 2.27. The fraction of sp³-hybridized carbons (Fsp3) is 0.333. The predicted octanol–water partition coefficient (Wildman–Crippen LogP) is 3.69. The molecule has 0 amide bonds. The van der Waals surface area contributed by atoms with Crippen LogP contribution in [0.3, 0.4) is 0 Å². The van der Waals surface area contributed by atoms with E-state index in [4.69, 9.17) is 0 Å². The minimum Gasteiger partial charge on any atom is -0.298 e. The second kappa shape index (κ2) is 5.94. The van der Waals surface area contributed by atoms with E-state index in [1.165, 1.54) is 12.3 Å². The highest BCUT2D eigenvalue weighted by molar-refractivity contribution is 5.85. The number of nitrogens with zero attached hydrogens (tertiary/aromatic N) is 2. The number of benzene rings is 1. The first-order valence-corrected chi connectivity index (χ1v) is 6.50. The first kappa shape index (κ1) is 14.4. The highest BCUT2D eigenvalue weighted by Gasteiger charge is 2.18. The van der Waals surface area contributed by atoms with Crippen molar-refractivity contribution in [2.24, 2.45) is 5.92 Å². The van der Waals surface area contributed by atoms with Crippen molar-refractivity contribution in [1.29, 1.82) is 0 Å². The van der Waals surface area contributed by atoms with E-state index >= 15 is 0 Å². The molecule has 106 valence electrons. The van der Waals surface area contributed by atoms with E-state index in [0.29, 0.717) is 18.7 Å². The van der Waals surface area contributed by atoms with Crippen LogP contribution in [0.4, 0.5) is 8.78 Å². The van der Waals surface area contributed by atoms with Crippen molar-refractivity contribution >= 4 is 6.29 Å². The summed E-state index contributed by atoms with van der Waals surface area (Å²) in [6.07, 6.45) is 2.97. The lowest BCUT2D eigenvalue weighted by molar-refractivity contribution is 0.112. The van der Waals surface area contributed by atoms with Gasteiger partial charge in [0.05, 0.1) is 11.1 Å². The van der Waals surface area contributed by atoms with Crippen molar-refractivity contribution in [3.63, 3.8) is 0 Å². The van der Waals surface area contributed by atoms with Gasteiger partial charge in [-0.2, -0.15) is 5.10 Å². The SMILES string of the molecule is CC(C)CCn1cc(C=O)c(-c2c(F)cccc2F)n1. The van der Waals surface area contributed by atoms with Gasteiger partial charge in [0, 0.05) is 12.7 Å². The normalized spacial score (nSPS) is 11.1. The zero-order chi connectivity index (χ0) is 14.7. The maximum absolute atomic E-state index is 13.8. The van der Waals surface area contributed by atoms with Crippen LogP contribution in [0.25, 0.3) is 11.3 Å². The Morgan fingerprint density at radius 2 is 1.95 bits per heavy atom. The molecule has 0 N–H and O–H groups in total. The van der Waals surface area contributed by atoms with E-state index in [1.54, 1.807) is 4.68 Å². The average molecular weight is 278 g/mol. The Bertz CT molecular complexity index is 600. The molecule has 5 heteroatoms. The first-order valence-electron chi connectivity index (χ1n) is 6.50. The number of halogens is 2. The monoisotopic (exact) mass is 278 g/mol. The van der Waals surface area contributed by atoms with E-state index in [0.717, 1.165) is 18.6 Å². The van der Waals surface area contributed by atoms with Gasteiger partial charge in [0.1, 0.15) is 17.3 Å². The molecular formula is C15H16F2N2O. The molecule has 20 heavy (non-hydrogen) atoms. The van der Waals surface area contributed by atoms with Crippen LogP contribution in [-0.4, -0.2) is 16.1 Å². The molecule has 1 aromatic carbocycles. The maximum Gasteiger partial charge on any atom is 0.153 e. The number of aromatic nitrogens is 2. The molecule has 0 atom stereocenters. The van der Waals surface area contributed by atoms with Gasteiger partial charge in [-0.05, 0) is 24.5 Å². The van der Waals surface area contributed by atoms with Gasteiger partial charge in [0.2, 0.25) is 0 Å². The van der Waals surface area contributed by atoms with Gasteiger partial charge in [0.15, 0.2) is 6.29 Å². The topological polar surface area (TPSA) is 34.9 Å². The summed E-state index contributed by atoms with van der Waals surface area (Å²) in [5.41, 5.74) is -0.00462. The van der Waals surface area contributed by atoms with E-state index in [1.807, 2.05) is 0 Å². The lowest BCUT2D eigenvalue weighted by Crippen LogP contribution is -2.02. The molecule has 1 heterocycles. The van der Waals surface area contributed by atoms with Gasteiger partial charge >= 0.3 is 0 Å². The average Bonchev–Trinajstić information content (AvgIpc) is 2.79. The summed E-state index contributed by atoms with van der Waals surface area (Å²) in [5, 5.41) is 4.15. The molecule has 0 spiro atoms. The van der Waals surface area contributed by atoms with Gasteiger partial charge in [-0.15, -0.1) is 0 Å². The molecule has 0 radical (unpaired) electrons. The summed E-state index contributed by atoms with van der Waals surface area (Å²) >= 11 is 0. The number of carbonyl (C=O) groups excluding carboxylic acids is 1. The lowest BCUT2D eigenvalue weighted by atomic mass is 10.1. The Morgan fingerprint density at radius 1 is 1.30 bits per heavy atom. The number of carbonyl (C=O) groups is 1. The van der Waals surface area contributed by atoms with Crippen LogP contribution in [-0.2, 0) is 6.54 Å². The van der Waals surface area contributed by atoms with Gasteiger partial charge in [-0.25, -0.2) is 8.78 Å². The molecule has 2 rings (SSSR count). The van der Waals surface area contributed by atoms with E-state index in [2.05, 4.69) is 18.9 Å². The van der Waals surface area contributed by atoms with E-state index < -0.39 is 11.6 Å². The molecule has 3 nitrogen and oxygen atoms in total. The minimum atomic E-state index is -0.720. The van der Waals surface area contributed by atoms with Crippen LogP contribution in [0.2, 0.25) is 0 Å². The summed E-state index contributed by atoms with van der Waals surface area (Å²) in [6, 6.07) is 3.59. The van der Waals surface area contributed by atoms with Crippen LogP contribution < -0.4 is 0 Å². The fourth-order valence-electron chi connectivity index (χ4n) is 1.95. The Hall–Kier alpha value is -2.04. The van der Waals surface area contributed by atoms with Crippen molar-refractivity contribution in [2.45, 2.75) is 26.8 Å². The van der Waals surface area contributed by atoms with Crippen LogP contribution in [0.1, 0.15) is 30.6 Å². The lowest BCUT2D eigenvalue weighted by Gasteiger charge is -2.04. The first-order chi connectivity index (χ1) is 9.52. The van der Waals surface area contributed by atoms with Crippen molar-refractivity contribution in [1.82, 2.24) is 9.78 Å². The van der Waals surface area contributed by atoms with E-state index in [9.17, 15) is 13.6 Å². The standard InChI is InChI=1S/C15H16F2N2O/c1-10(2)6-7-19-8-11(9-20)15(18-19)14-12(16)4-3-5-13(14)17/h3-5,8-10H,6-7H2,1-2H3. The Kier molecular flexibility index (Phi) is 4.27. The van der Waals surface area contributed by atoms with E-state index in [-0.39, 0.29) is 16.8 Å². The third-order valence-electron chi connectivity index (χ3n) is 3.05. The third kappa shape index (κ3) is 2.92. The zero-order valence-corrected chi connectivity index (χ0v) is 11.4.